The molecule has 1 aromatic heterocycles. The first-order valence-corrected chi connectivity index (χ1v) is 9.90. The van der Waals surface area contributed by atoms with E-state index in [0.717, 1.165) is 18.6 Å². The molecule has 1 unspecified atom stereocenters. The summed E-state index contributed by atoms with van der Waals surface area (Å²) in [6.45, 7) is 2.00. The summed E-state index contributed by atoms with van der Waals surface area (Å²) in [6, 6.07) is 7.24. The van der Waals surface area contributed by atoms with E-state index >= 15 is 0 Å². The van der Waals surface area contributed by atoms with Crippen molar-refractivity contribution in [3.8, 4) is 17.5 Å². The summed E-state index contributed by atoms with van der Waals surface area (Å²) in [5.41, 5.74) is -0.675. The molecule has 0 radical (unpaired) electrons. The van der Waals surface area contributed by atoms with Crippen LogP contribution in [-0.2, 0) is 19.1 Å². The number of halogens is 5. The summed E-state index contributed by atoms with van der Waals surface area (Å²) in [4.78, 5) is 5.98. The summed E-state index contributed by atoms with van der Waals surface area (Å²) in [5, 5.41) is 13.0. The van der Waals surface area contributed by atoms with Gasteiger partial charge in [0.05, 0.1) is 23.7 Å². The standard InChI is InChI=1S/C22H17F5N4O/c1-2-3-14-9-15-18(7-5-13(10-28)20(15)22(25,26)27)31(14)11-19-29-21(32-30-19)12-4-6-16(23)17(24)8-12/h4-8,14H,2-3,9,11H2,1H3. The van der Waals surface area contributed by atoms with Crippen molar-refractivity contribution in [1.82, 2.24) is 10.1 Å². The number of alkyl halides is 3. The van der Waals surface area contributed by atoms with E-state index in [-0.39, 0.29) is 41.8 Å². The van der Waals surface area contributed by atoms with Crippen LogP contribution in [0.25, 0.3) is 11.5 Å². The van der Waals surface area contributed by atoms with Gasteiger partial charge in [0.15, 0.2) is 17.5 Å². The van der Waals surface area contributed by atoms with Crippen LogP contribution in [0.15, 0.2) is 34.9 Å². The average molecular weight is 448 g/mol. The minimum Gasteiger partial charge on any atom is -0.360 e. The SMILES string of the molecule is CCCC1Cc2c(ccc(C#N)c2C(F)(F)F)N1Cc1noc(-c2ccc(F)c(F)c2)n1. The minimum atomic E-state index is -4.66. The van der Waals surface area contributed by atoms with E-state index in [2.05, 4.69) is 10.1 Å². The number of aromatic nitrogens is 2. The maximum absolute atomic E-state index is 13.7. The Morgan fingerprint density at radius 1 is 1.19 bits per heavy atom. The summed E-state index contributed by atoms with van der Waals surface area (Å²) >= 11 is 0. The Balaban J connectivity index is 1.69. The molecule has 2 aromatic carbocycles. The smallest absolute Gasteiger partial charge is 0.360 e. The Kier molecular flexibility index (Phi) is 5.59. The van der Waals surface area contributed by atoms with Gasteiger partial charge in [0.2, 0.25) is 0 Å². The van der Waals surface area contributed by atoms with Crippen molar-refractivity contribution in [3.63, 3.8) is 0 Å². The van der Waals surface area contributed by atoms with Gasteiger partial charge in [-0.15, -0.1) is 0 Å². The zero-order chi connectivity index (χ0) is 23.0. The van der Waals surface area contributed by atoms with Crippen molar-refractivity contribution < 1.29 is 26.5 Å². The second-order valence-corrected chi connectivity index (χ2v) is 7.51. The van der Waals surface area contributed by atoms with Gasteiger partial charge < -0.3 is 9.42 Å². The number of nitriles is 1. The predicted molar refractivity (Wildman–Crippen MR) is 104 cm³/mol. The quantitative estimate of drug-likeness (QED) is 0.473. The van der Waals surface area contributed by atoms with Crippen molar-refractivity contribution in [2.45, 2.75) is 44.9 Å². The third-order valence-electron chi connectivity index (χ3n) is 5.45. The van der Waals surface area contributed by atoms with Gasteiger partial charge in [-0.3, -0.25) is 0 Å². The van der Waals surface area contributed by atoms with E-state index in [1.807, 2.05) is 6.92 Å². The Morgan fingerprint density at radius 2 is 1.97 bits per heavy atom. The van der Waals surface area contributed by atoms with Crippen LogP contribution in [0, 0.1) is 23.0 Å². The first kappa shape index (κ1) is 21.7. The van der Waals surface area contributed by atoms with Crippen LogP contribution in [0.5, 0.6) is 0 Å². The monoisotopic (exact) mass is 448 g/mol. The first-order valence-electron chi connectivity index (χ1n) is 9.90. The average Bonchev–Trinajstić information content (AvgIpc) is 3.34. The van der Waals surface area contributed by atoms with Crippen molar-refractivity contribution in [3.05, 3.63) is 64.5 Å². The molecule has 0 saturated heterocycles. The van der Waals surface area contributed by atoms with Gasteiger partial charge in [-0.05, 0) is 48.7 Å². The number of nitrogens with zero attached hydrogens (tertiary/aromatic N) is 4. The highest BCUT2D eigenvalue weighted by Gasteiger charge is 2.42. The molecule has 0 spiro atoms. The van der Waals surface area contributed by atoms with Crippen LogP contribution in [0.1, 0.15) is 42.3 Å². The van der Waals surface area contributed by atoms with Crippen molar-refractivity contribution in [2.24, 2.45) is 0 Å². The fourth-order valence-corrected chi connectivity index (χ4v) is 4.09. The van der Waals surface area contributed by atoms with Gasteiger partial charge in [0.1, 0.15) is 0 Å². The van der Waals surface area contributed by atoms with Crippen LogP contribution in [0.4, 0.5) is 27.6 Å². The minimum absolute atomic E-state index is 0.0267. The van der Waals surface area contributed by atoms with E-state index in [1.165, 1.54) is 18.2 Å². The number of anilines is 1. The molecular weight excluding hydrogens is 431 g/mol. The molecule has 0 bridgehead atoms. The van der Waals surface area contributed by atoms with Crippen LogP contribution in [0.2, 0.25) is 0 Å². The Morgan fingerprint density at radius 3 is 2.62 bits per heavy atom. The number of rotatable bonds is 5. The lowest BCUT2D eigenvalue weighted by molar-refractivity contribution is -0.138. The molecule has 5 nitrogen and oxygen atoms in total. The molecule has 1 aliphatic rings. The number of hydrogen-bond donors (Lipinski definition) is 0. The van der Waals surface area contributed by atoms with Crippen molar-refractivity contribution in [1.29, 1.82) is 5.26 Å². The van der Waals surface area contributed by atoms with E-state index in [9.17, 15) is 27.2 Å². The molecule has 0 N–H and O–H groups in total. The predicted octanol–water partition coefficient (Wildman–Crippen LogP) is 5.64. The van der Waals surface area contributed by atoms with Crippen LogP contribution in [0.3, 0.4) is 0 Å². The largest absolute Gasteiger partial charge is 0.418 e. The third kappa shape index (κ3) is 3.90. The Labute approximate surface area is 180 Å². The first-order chi connectivity index (χ1) is 15.2. The second kappa shape index (κ2) is 8.22. The molecule has 0 amide bonds. The van der Waals surface area contributed by atoms with E-state index in [1.54, 1.807) is 11.0 Å². The Bertz CT molecular complexity index is 1200. The molecule has 166 valence electrons. The number of fused-ring (bicyclic) bond motifs is 1. The van der Waals surface area contributed by atoms with Gasteiger partial charge in [0.25, 0.3) is 5.89 Å². The van der Waals surface area contributed by atoms with E-state index in [0.29, 0.717) is 12.1 Å². The van der Waals surface area contributed by atoms with Gasteiger partial charge in [0, 0.05) is 17.3 Å². The summed E-state index contributed by atoms with van der Waals surface area (Å²) in [6.07, 6.45) is -3.15. The number of hydrogen-bond acceptors (Lipinski definition) is 5. The van der Waals surface area contributed by atoms with Crippen molar-refractivity contribution in [2.75, 3.05) is 4.90 Å². The van der Waals surface area contributed by atoms with E-state index < -0.39 is 28.9 Å². The van der Waals surface area contributed by atoms with Gasteiger partial charge >= 0.3 is 6.18 Å². The fourth-order valence-electron chi connectivity index (χ4n) is 4.09. The van der Waals surface area contributed by atoms with Gasteiger partial charge in [-0.2, -0.15) is 23.4 Å². The molecule has 0 fully saturated rings. The summed E-state index contributed by atoms with van der Waals surface area (Å²) in [7, 11) is 0. The highest BCUT2D eigenvalue weighted by molar-refractivity contribution is 5.66. The molecule has 1 atom stereocenters. The fraction of sp³-hybridized carbons (Fsp3) is 0.318. The maximum atomic E-state index is 13.7. The molecular formula is C22H17F5N4O. The van der Waals surface area contributed by atoms with E-state index in [4.69, 9.17) is 4.52 Å². The molecule has 1 aliphatic heterocycles. The van der Waals surface area contributed by atoms with Crippen LogP contribution < -0.4 is 4.90 Å². The maximum Gasteiger partial charge on any atom is 0.418 e. The molecule has 3 aromatic rings. The zero-order valence-corrected chi connectivity index (χ0v) is 16.9. The lowest BCUT2D eigenvalue weighted by Gasteiger charge is -2.26. The highest BCUT2D eigenvalue weighted by atomic mass is 19.4. The molecule has 32 heavy (non-hydrogen) atoms. The second-order valence-electron chi connectivity index (χ2n) is 7.51. The topological polar surface area (TPSA) is 66.0 Å². The number of benzene rings is 2. The molecule has 0 aliphatic carbocycles. The normalized spacial score (nSPS) is 15.7. The lowest BCUT2D eigenvalue weighted by Crippen LogP contribution is -2.31. The van der Waals surface area contributed by atoms with Crippen molar-refractivity contribution >= 4 is 5.69 Å². The lowest BCUT2D eigenvalue weighted by atomic mass is 9.97. The summed E-state index contributed by atoms with van der Waals surface area (Å²) in [5.74, 6) is -1.91. The zero-order valence-electron chi connectivity index (χ0n) is 16.9. The Hall–Kier alpha value is -3.48. The molecule has 0 saturated carbocycles. The van der Waals surface area contributed by atoms with Crippen LogP contribution in [-0.4, -0.2) is 16.2 Å². The van der Waals surface area contributed by atoms with Crippen LogP contribution >= 0.6 is 0 Å². The van der Waals surface area contributed by atoms with Gasteiger partial charge in [-0.25, -0.2) is 8.78 Å². The highest BCUT2D eigenvalue weighted by Crippen LogP contribution is 2.44. The third-order valence-corrected chi connectivity index (χ3v) is 5.45. The van der Waals surface area contributed by atoms with Gasteiger partial charge in [-0.1, -0.05) is 18.5 Å². The molecule has 2 heterocycles. The summed E-state index contributed by atoms with van der Waals surface area (Å²) < 4.78 is 73.1. The molecule has 10 heteroatoms. The molecule has 4 rings (SSSR count).